The van der Waals surface area contributed by atoms with Crippen molar-refractivity contribution in [3.05, 3.63) is 114 Å². The maximum atomic E-state index is 13.5. The zero-order valence-electron chi connectivity index (χ0n) is 22.0. The number of amides is 1. The second-order valence-electron chi connectivity index (χ2n) is 9.87. The summed E-state index contributed by atoms with van der Waals surface area (Å²) in [7, 11) is 1.55. The lowest BCUT2D eigenvalue weighted by molar-refractivity contribution is -0.0250. The molecular weight excluding hydrogens is 493 g/mol. The highest BCUT2D eigenvalue weighted by atomic mass is 19.1. The van der Waals surface area contributed by atoms with Gasteiger partial charge in [-0.3, -0.25) is 9.63 Å². The van der Waals surface area contributed by atoms with Crippen LogP contribution in [0.1, 0.15) is 35.3 Å². The highest BCUT2D eigenvalue weighted by Crippen LogP contribution is 2.41. The van der Waals surface area contributed by atoms with Crippen LogP contribution >= 0.6 is 0 Å². The van der Waals surface area contributed by atoms with Crippen molar-refractivity contribution < 1.29 is 18.4 Å². The standard InChI is InChI=1S/C32H30FN3O3/c1-32(2,23-10-5-4-6-11-23)36-38-19-20-8-7-9-22(18-20)25-16-17-26-27(29(25)34)28(31(37)35-3)30(39-26)21-12-14-24(33)15-13-21/h4-18,36H,19,34H2,1-3H3,(H,35,37). The number of hydrogen-bond donors (Lipinski definition) is 3. The van der Waals surface area contributed by atoms with Crippen LogP contribution in [0.2, 0.25) is 0 Å². The molecule has 1 heterocycles. The van der Waals surface area contributed by atoms with Crippen molar-refractivity contribution in [2.45, 2.75) is 26.0 Å². The van der Waals surface area contributed by atoms with Crippen molar-refractivity contribution in [1.82, 2.24) is 10.8 Å². The Hall–Kier alpha value is -4.46. The Labute approximate surface area is 226 Å². The molecular formula is C32H30FN3O3. The normalized spacial score (nSPS) is 11.6. The van der Waals surface area contributed by atoms with Crippen LogP contribution in [0.4, 0.5) is 10.1 Å². The number of benzene rings is 4. The van der Waals surface area contributed by atoms with Crippen LogP contribution in [0.5, 0.6) is 0 Å². The average molecular weight is 524 g/mol. The van der Waals surface area contributed by atoms with Gasteiger partial charge in [0.1, 0.15) is 17.2 Å². The van der Waals surface area contributed by atoms with Crippen molar-refractivity contribution in [3.63, 3.8) is 0 Å². The summed E-state index contributed by atoms with van der Waals surface area (Å²) >= 11 is 0. The number of nitrogens with two attached hydrogens (primary N) is 1. The van der Waals surface area contributed by atoms with Gasteiger partial charge in [-0.15, -0.1) is 0 Å². The first kappa shape index (κ1) is 26.2. The molecule has 0 bridgehead atoms. The van der Waals surface area contributed by atoms with Crippen LogP contribution in [-0.4, -0.2) is 13.0 Å². The molecule has 1 amide bonds. The first-order valence-corrected chi connectivity index (χ1v) is 12.7. The molecule has 4 aromatic carbocycles. The van der Waals surface area contributed by atoms with Crippen LogP contribution < -0.4 is 16.5 Å². The summed E-state index contributed by atoms with van der Waals surface area (Å²) in [6.45, 7) is 4.46. The van der Waals surface area contributed by atoms with E-state index in [0.29, 0.717) is 40.2 Å². The molecule has 5 rings (SSSR count). The summed E-state index contributed by atoms with van der Waals surface area (Å²) in [6.07, 6.45) is 0. The predicted molar refractivity (Wildman–Crippen MR) is 152 cm³/mol. The van der Waals surface area contributed by atoms with Crippen LogP contribution in [0.25, 0.3) is 33.4 Å². The zero-order chi connectivity index (χ0) is 27.6. The van der Waals surface area contributed by atoms with Crippen molar-refractivity contribution in [2.75, 3.05) is 12.8 Å². The monoisotopic (exact) mass is 523 g/mol. The number of furan rings is 1. The number of halogens is 1. The first-order chi connectivity index (χ1) is 18.8. The number of carbonyl (C=O) groups is 1. The lowest BCUT2D eigenvalue weighted by Gasteiger charge is -2.26. The van der Waals surface area contributed by atoms with E-state index in [2.05, 4.69) is 36.8 Å². The minimum atomic E-state index is -0.374. The van der Waals surface area contributed by atoms with E-state index >= 15 is 0 Å². The Morgan fingerprint density at radius 2 is 1.69 bits per heavy atom. The topological polar surface area (TPSA) is 89.5 Å². The van der Waals surface area contributed by atoms with Crippen molar-refractivity contribution in [1.29, 1.82) is 0 Å². The number of anilines is 1. The molecule has 0 atom stereocenters. The number of fused-ring (bicyclic) bond motifs is 1. The van der Waals surface area contributed by atoms with E-state index in [0.717, 1.165) is 22.3 Å². The number of rotatable bonds is 8. The quantitative estimate of drug-likeness (QED) is 0.154. The zero-order valence-corrected chi connectivity index (χ0v) is 22.0. The molecule has 7 heteroatoms. The lowest BCUT2D eigenvalue weighted by Crippen LogP contribution is -2.36. The lowest BCUT2D eigenvalue weighted by atomic mass is 9.96. The van der Waals surface area contributed by atoms with Crippen LogP contribution in [0.3, 0.4) is 0 Å². The molecule has 0 aliphatic carbocycles. The van der Waals surface area contributed by atoms with E-state index < -0.39 is 0 Å². The van der Waals surface area contributed by atoms with Gasteiger partial charge in [0.15, 0.2) is 0 Å². The smallest absolute Gasteiger partial charge is 0.255 e. The van der Waals surface area contributed by atoms with Gasteiger partial charge < -0.3 is 15.5 Å². The van der Waals surface area contributed by atoms with Gasteiger partial charge in [0.05, 0.1) is 28.8 Å². The second-order valence-corrected chi connectivity index (χ2v) is 9.87. The van der Waals surface area contributed by atoms with E-state index in [1.807, 2.05) is 48.5 Å². The van der Waals surface area contributed by atoms with E-state index in [9.17, 15) is 9.18 Å². The Morgan fingerprint density at radius 1 is 0.949 bits per heavy atom. The summed E-state index contributed by atoms with van der Waals surface area (Å²) in [5.74, 6) is -0.380. The van der Waals surface area contributed by atoms with E-state index in [1.165, 1.54) is 12.1 Å². The summed E-state index contributed by atoms with van der Waals surface area (Å²) in [5.41, 5.74) is 15.0. The SMILES string of the molecule is CNC(=O)c1c(-c2ccc(F)cc2)oc2ccc(-c3cccc(CONC(C)(C)c4ccccc4)c3)c(N)c12. The third-order valence-electron chi connectivity index (χ3n) is 6.76. The molecule has 0 radical (unpaired) electrons. The molecule has 6 nitrogen and oxygen atoms in total. The number of nitrogens with one attached hydrogen (secondary N) is 2. The molecule has 0 saturated carbocycles. The Kier molecular flexibility index (Phi) is 7.19. The molecule has 39 heavy (non-hydrogen) atoms. The molecule has 198 valence electrons. The first-order valence-electron chi connectivity index (χ1n) is 12.7. The van der Waals surface area contributed by atoms with Crippen LogP contribution in [-0.2, 0) is 17.0 Å². The average Bonchev–Trinajstić information content (AvgIpc) is 3.34. The maximum Gasteiger partial charge on any atom is 0.255 e. The van der Waals surface area contributed by atoms with Crippen LogP contribution in [0, 0.1) is 5.82 Å². The minimum absolute atomic E-state index is 0.310. The van der Waals surface area contributed by atoms with Gasteiger partial charge in [-0.1, -0.05) is 48.5 Å². The molecule has 0 unspecified atom stereocenters. The molecule has 1 aromatic heterocycles. The van der Waals surface area contributed by atoms with Crippen LogP contribution in [0.15, 0.2) is 95.4 Å². The highest BCUT2D eigenvalue weighted by molar-refractivity contribution is 6.16. The molecule has 0 aliphatic rings. The van der Waals surface area contributed by atoms with Crippen molar-refractivity contribution in [2.24, 2.45) is 0 Å². The summed E-state index contributed by atoms with van der Waals surface area (Å²) in [5, 5.41) is 3.18. The van der Waals surface area contributed by atoms with Gasteiger partial charge in [0.2, 0.25) is 0 Å². The molecule has 0 fully saturated rings. The summed E-state index contributed by atoms with van der Waals surface area (Å²) < 4.78 is 19.6. The van der Waals surface area contributed by atoms with Gasteiger partial charge in [0.25, 0.3) is 5.91 Å². The second kappa shape index (κ2) is 10.7. The minimum Gasteiger partial charge on any atom is -0.455 e. The fraction of sp³-hybridized carbons (Fsp3) is 0.156. The number of hydroxylamine groups is 1. The molecule has 5 aromatic rings. The largest absolute Gasteiger partial charge is 0.455 e. The molecule has 4 N–H and O–H groups in total. The Bertz CT molecular complexity index is 1630. The highest BCUT2D eigenvalue weighted by Gasteiger charge is 2.25. The third-order valence-corrected chi connectivity index (χ3v) is 6.76. The number of carbonyl (C=O) groups excluding carboxylic acids is 1. The van der Waals surface area contributed by atoms with Gasteiger partial charge >= 0.3 is 0 Å². The van der Waals surface area contributed by atoms with Crippen molar-refractivity contribution in [3.8, 4) is 22.5 Å². The fourth-order valence-electron chi connectivity index (χ4n) is 4.66. The third kappa shape index (κ3) is 5.27. The summed E-state index contributed by atoms with van der Waals surface area (Å²) in [6, 6.07) is 27.5. The number of hydrogen-bond acceptors (Lipinski definition) is 5. The van der Waals surface area contributed by atoms with Gasteiger partial charge in [-0.25, -0.2) is 4.39 Å². The van der Waals surface area contributed by atoms with Gasteiger partial charge in [-0.05, 0) is 73.0 Å². The molecule has 0 aliphatic heterocycles. The summed E-state index contributed by atoms with van der Waals surface area (Å²) in [4.78, 5) is 18.9. The van der Waals surface area contributed by atoms with E-state index in [4.69, 9.17) is 15.0 Å². The number of nitrogen functional groups attached to an aromatic ring is 1. The Morgan fingerprint density at radius 3 is 2.41 bits per heavy atom. The Balaban J connectivity index is 1.46. The van der Waals surface area contributed by atoms with Gasteiger partial charge in [-0.2, -0.15) is 5.48 Å². The molecule has 0 spiro atoms. The van der Waals surface area contributed by atoms with Gasteiger partial charge in [0, 0.05) is 18.2 Å². The predicted octanol–water partition coefficient (Wildman–Crippen LogP) is 6.80. The van der Waals surface area contributed by atoms with E-state index in [-0.39, 0.29) is 17.3 Å². The van der Waals surface area contributed by atoms with E-state index in [1.54, 1.807) is 25.2 Å². The molecule has 0 saturated heterocycles. The van der Waals surface area contributed by atoms with Crippen molar-refractivity contribution >= 4 is 22.6 Å². The maximum absolute atomic E-state index is 13.5. The fourth-order valence-corrected chi connectivity index (χ4v) is 4.66.